The Kier molecular flexibility index (Phi) is 6.70. The smallest absolute Gasteiger partial charge is 0.281 e. The van der Waals surface area contributed by atoms with Crippen molar-refractivity contribution in [1.82, 2.24) is 14.6 Å². The van der Waals surface area contributed by atoms with E-state index in [4.69, 9.17) is 9.73 Å². The van der Waals surface area contributed by atoms with Crippen LogP contribution < -0.4 is 4.74 Å². The average Bonchev–Trinajstić information content (AvgIpc) is 3.37. The molecule has 6 nitrogen and oxygen atoms in total. The van der Waals surface area contributed by atoms with Gasteiger partial charge in [0.05, 0.1) is 17.1 Å². The predicted molar refractivity (Wildman–Crippen MR) is 144 cm³/mol. The minimum absolute atomic E-state index is 0.0843. The molecule has 0 spiro atoms. The van der Waals surface area contributed by atoms with Gasteiger partial charge in [0.2, 0.25) is 0 Å². The van der Waals surface area contributed by atoms with Crippen molar-refractivity contribution in [3.63, 3.8) is 0 Å². The lowest BCUT2D eigenvalue weighted by Crippen LogP contribution is -2.40. The zero-order valence-electron chi connectivity index (χ0n) is 19.7. The Labute approximate surface area is 209 Å². The molecule has 5 rings (SSSR count). The van der Waals surface area contributed by atoms with E-state index in [2.05, 4.69) is 22.9 Å². The average molecular weight is 483 g/mol. The summed E-state index contributed by atoms with van der Waals surface area (Å²) in [6.07, 6.45) is 4.06. The van der Waals surface area contributed by atoms with Gasteiger partial charge < -0.3 is 9.30 Å². The number of aromatic nitrogens is 1. The Morgan fingerprint density at radius 1 is 0.943 bits per heavy atom. The largest absolute Gasteiger partial charge is 0.492 e. The number of para-hydroxylation sites is 3. The number of amides is 1. The molecule has 0 unspecified atom stereocenters. The molecular formula is C28H26N4O2S. The van der Waals surface area contributed by atoms with Crippen molar-refractivity contribution < 1.29 is 9.53 Å². The molecule has 1 fully saturated rings. The molecule has 0 radical (unpaired) electrons. The molecule has 7 heteroatoms. The summed E-state index contributed by atoms with van der Waals surface area (Å²) in [5.74, 6) is 0.771. The highest BCUT2D eigenvalue weighted by Gasteiger charge is 2.35. The third-order valence-corrected chi connectivity index (χ3v) is 6.58. The topological polar surface area (TPSA) is 50.1 Å². The lowest BCUT2D eigenvalue weighted by atomic mass is 10.1. The van der Waals surface area contributed by atoms with Gasteiger partial charge in [-0.05, 0) is 48.2 Å². The molecular weight excluding hydrogens is 456 g/mol. The first kappa shape index (κ1) is 23.0. The first-order valence-electron chi connectivity index (χ1n) is 11.4. The molecule has 2 heterocycles. The van der Waals surface area contributed by atoms with Crippen molar-refractivity contribution in [2.45, 2.75) is 6.54 Å². The van der Waals surface area contributed by atoms with E-state index >= 15 is 0 Å². The highest BCUT2D eigenvalue weighted by Crippen LogP contribution is 2.36. The van der Waals surface area contributed by atoms with Crippen LogP contribution in [0.15, 0.2) is 101 Å². The first-order valence-corrected chi connectivity index (χ1v) is 12.2. The van der Waals surface area contributed by atoms with Crippen LogP contribution in [0, 0.1) is 0 Å². The summed E-state index contributed by atoms with van der Waals surface area (Å²) in [4.78, 5) is 18.7. The van der Waals surface area contributed by atoms with Crippen molar-refractivity contribution in [2.24, 2.45) is 4.99 Å². The SMILES string of the molecule is CN(C)N1C(=O)/C(=C/c2cn(CCOc3ccccc3)c3ccccc23)SC1=Nc1ccccc1. The second kappa shape index (κ2) is 10.2. The zero-order valence-corrected chi connectivity index (χ0v) is 20.5. The fourth-order valence-electron chi connectivity index (χ4n) is 4.00. The van der Waals surface area contributed by atoms with Crippen molar-refractivity contribution in [3.05, 3.63) is 102 Å². The van der Waals surface area contributed by atoms with Gasteiger partial charge in [0.25, 0.3) is 5.91 Å². The summed E-state index contributed by atoms with van der Waals surface area (Å²) in [5, 5.41) is 5.11. The summed E-state index contributed by atoms with van der Waals surface area (Å²) >= 11 is 1.39. The molecule has 35 heavy (non-hydrogen) atoms. The fraction of sp³-hybridized carbons (Fsp3) is 0.143. The predicted octanol–water partition coefficient (Wildman–Crippen LogP) is 5.80. The number of ether oxygens (including phenoxy) is 1. The Hall–Kier alpha value is -3.81. The second-order valence-electron chi connectivity index (χ2n) is 8.26. The number of hydrogen-bond acceptors (Lipinski definition) is 5. The summed E-state index contributed by atoms with van der Waals surface area (Å²) in [6, 6.07) is 27.7. The van der Waals surface area contributed by atoms with Gasteiger partial charge in [-0.2, -0.15) is 0 Å². The normalized spacial score (nSPS) is 16.2. The molecule has 1 aliphatic rings. The lowest BCUT2D eigenvalue weighted by molar-refractivity contribution is -0.130. The summed E-state index contributed by atoms with van der Waals surface area (Å²) in [5.41, 5.74) is 2.91. The van der Waals surface area contributed by atoms with E-state index in [1.54, 1.807) is 10.0 Å². The monoisotopic (exact) mass is 482 g/mol. The van der Waals surface area contributed by atoms with Crippen LogP contribution in [-0.2, 0) is 11.3 Å². The van der Waals surface area contributed by atoms with Gasteiger partial charge in [-0.3, -0.25) is 4.79 Å². The minimum atomic E-state index is -0.0843. The molecule has 0 bridgehead atoms. The second-order valence-corrected chi connectivity index (χ2v) is 9.27. The highest BCUT2D eigenvalue weighted by molar-refractivity contribution is 8.18. The Morgan fingerprint density at radius 3 is 2.37 bits per heavy atom. The van der Waals surface area contributed by atoms with Gasteiger partial charge in [0.15, 0.2) is 5.17 Å². The number of carbonyl (C=O) groups is 1. The number of benzene rings is 3. The van der Waals surface area contributed by atoms with Crippen LogP contribution in [0.2, 0.25) is 0 Å². The Morgan fingerprint density at radius 2 is 1.63 bits per heavy atom. The number of nitrogens with zero attached hydrogens (tertiary/aromatic N) is 4. The van der Waals surface area contributed by atoms with Crippen LogP contribution in [0.4, 0.5) is 5.69 Å². The summed E-state index contributed by atoms with van der Waals surface area (Å²) in [7, 11) is 3.70. The number of aliphatic imine (C=N–C) groups is 1. The van der Waals surface area contributed by atoms with E-state index < -0.39 is 0 Å². The van der Waals surface area contributed by atoms with E-state index in [-0.39, 0.29) is 5.91 Å². The summed E-state index contributed by atoms with van der Waals surface area (Å²) < 4.78 is 8.09. The molecule has 0 aliphatic carbocycles. The maximum Gasteiger partial charge on any atom is 0.281 e. The maximum absolute atomic E-state index is 13.3. The van der Waals surface area contributed by atoms with Crippen molar-refractivity contribution in [2.75, 3.05) is 20.7 Å². The third-order valence-electron chi connectivity index (χ3n) is 5.62. The molecule has 1 amide bonds. The van der Waals surface area contributed by atoms with E-state index in [9.17, 15) is 4.79 Å². The fourth-order valence-corrected chi connectivity index (χ4v) is 5.04. The van der Waals surface area contributed by atoms with Gasteiger partial charge >= 0.3 is 0 Å². The van der Waals surface area contributed by atoms with Crippen LogP contribution in [0.3, 0.4) is 0 Å². The molecule has 0 atom stereocenters. The minimum Gasteiger partial charge on any atom is -0.492 e. The molecule has 1 aliphatic heterocycles. The van der Waals surface area contributed by atoms with E-state index in [0.717, 1.165) is 27.9 Å². The van der Waals surface area contributed by atoms with Crippen LogP contribution in [0.1, 0.15) is 5.56 Å². The maximum atomic E-state index is 13.3. The van der Waals surface area contributed by atoms with Crippen molar-refractivity contribution in [1.29, 1.82) is 0 Å². The number of carbonyl (C=O) groups excluding carboxylic acids is 1. The van der Waals surface area contributed by atoms with Gasteiger partial charge in [-0.1, -0.05) is 54.6 Å². The van der Waals surface area contributed by atoms with Crippen molar-refractivity contribution >= 4 is 45.5 Å². The first-order chi connectivity index (χ1) is 17.1. The third kappa shape index (κ3) is 5.01. The number of amidine groups is 1. The summed E-state index contributed by atoms with van der Waals surface area (Å²) in [6.45, 7) is 1.25. The molecule has 3 aromatic carbocycles. The van der Waals surface area contributed by atoms with E-state index in [0.29, 0.717) is 23.2 Å². The van der Waals surface area contributed by atoms with Gasteiger partial charge in [-0.15, -0.1) is 0 Å². The van der Waals surface area contributed by atoms with Gasteiger partial charge in [0.1, 0.15) is 12.4 Å². The number of thioether (sulfide) groups is 1. The number of rotatable bonds is 7. The molecule has 1 saturated heterocycles. The Bertz CT molecular complexity index is 1390. The molecule has 1 aromatic heterocycles. The number of hydrazine groups is 1. The Balaban J connectivity index is 1.44. The lowest BCUT2D eigenvalue weighted by Gasteiger charge is -2.22. The number of hydrogen-bond donors (Lipinski definition) is 0. The van der Waals surface area contributed by atoms with Crippen LogP contribution in [-0.4, -0.2) is 46.4 Å². The quantitative estimate of drug-likeness (QED) is 0.312. The van der Waals surface area contributed by atoms with Crippen LogP contribution in [0.25, 0.3) is 17.0 Å². The molecule has 0 saturated carbocycles. The van der Waals surface area contributed by atoms with Crippen molar-refractivity contribution in [3.8, 4) is 5.75 Å². The van der Waals surface area contributed by atoms with E-state index in [1.165, 1.54) is 11.8 Å². The van der Waals surface area contributed by atoms with Crippen LogP contribution in [0.5, 0.6) is 5.75 Å². The molecule has 176 valence electrons. The highest BCUT2D eigenvalue weighted by atomic mass is 32.2. The number of fused-ring (bicyclic) bond motifs is 1. The van der Waals surface area contributed by atoms with E-state index in [1.807, 2.05) is 93.0 Å². The zero-order chi connectivity index (χ0) is 24.2. The molecule has 0 N–H and O–H groups in total. The van der Waals surface area contributed by atoms with Gasteiger partial charge in [0, 0.05) is 36.8 Å². The standard InChI is InChI=1S/C28H26N4O2S/c1-30(2)32-27(33)26(35-28(32)29-22-11-5-3-6-12-22)19-21-20-31(25-16-10-9-15-24(21)25)17-18-34-23-13-7-4-8-14-23/h3-16,19-20H,17-18H2,1-2H3/b26-19-,29-28?. The van der Waals surface area contributed by atoms with Gasteiger partial charge in [-0.25, -0.2) is 15.0 Å². The van der Waals surface area contributed by atoms with Crippen LogP contribution >= 0.6 is 11.8 Å². The molecule has 4 aromatic rings.